The Labute approximate surface area is 164 Å². The molecule has 0 aliphatic carbocycles. The largest absolute Gasteiger partial charge is 0.396 e. The number of halogens is 2. The van der Waals surface area contributed by atoms with Gasteiger partial charge < -0.3 is 20.4 Å². The fourth-order valence-corrected chi connectivity index (χ4v) is 3.78. The lowest BCUT2D eigenvalue weighted by molar-refractivity contribution is 0.0830. The van der Waals surface area contributed by atoms with Crippen molar-refractivity contribution in [1.29, 1.82) is 0 Å². The minimum absolute atomic E-state index is 0.353. The van der Waals surface area contributed by atoms with Crippen LogP contribution >= 0.6 is 23.2 Å². The smallest absolute Gasteiger partial charge is 0.141 e. The first-order chi connectivity index (χ1) is 13.1. The molecule has 0 fully saturated rings. The Morgan fingerprint density at radius 2 is 1.89 bits per heavy atom. The van der Waals surface area contributed by atoms with E-state index in [0.29, 0.717) is 40.5 Å². The van der Waals surface area contributed by atoms with Crippen LogP contribution in [0.4, 0.5) is 17.2 Å². The molecule has 0 spiro atoms. The van der Waals surface area contributed by atoms with Crippen LogP contribution in [0.2, 0.25) is 10.0 Å². The van der Waals surface area contributed by atoms with Crippen LogP contribution in [0.3, 0.4) is 0 Å². The summed E-state index contributed by atoms with van der Waals surface area (Å²) in [7, 11) is 0. The summed E-state index contributed by atoms with van der Waals surface area (Å²) in [4.78, 5) is 13.4. The molecule has 0 bridgehead atoms. The lowest BCUT2D eigenvalue weighted by Crippen LogP contribution is -2.16. The summed E-state index contributed by atoms with van der Waals surface area (Å²) in [5.41, 5.74) is 9.59. The Morgan fingerprint density at radius 3 is 2.70 bits per heavy atom. The number of imidazole rings is 1. The van der Waals surface area contributed by atoms with Crippen molar-refractivity contribution < 1.29 is 4.74 Å². The predicted molar refractivity (Wildman–Crippen MR) is 107 cm³/mol. The van der Waals surface area contributed by atoms with Gasteiger partial charge in [-0.25, -0.2) is 15.0 Å². The maximum atomic E-state index is 6.14. The summed E-state index contributed by atoms with van der Waals surface area (Å²) in [6, 6.07) is 7.45. The number of benzene rings is 2. The standard InChI is InChI=1S/C18H14Cl2N6O/c19-11-3-9(4-12(20)17(11)21)24-18-10-5-15-14(6-13(10)22-8-23-18)25-16-7-27-2-1-26(15)16/h3-6,8H,1-2,7,21H2,(H,22,23,24). The lowest BCUT2D eigenvalue weighted by atomic mass is 10.2. The molecule has 0 atom stereocenters. The lowest BCUT2D eigenvalue weighted by Gasteiger charge is -2.15. The molecule has 0 amide bonds. The second kappa shape index (κ2) is 6.23. The van der Waals surface area contributed by atoms with E-state index >= 15 is 0 Å². The molecule has 3 heterocycles. The summed E-state index contributed by atoms with van der Waals surface area (Å²) in [6.45, 7) is 1.97. The van der Waals surface area contributed by atoms with Gasteiger partial charge in [0.15, 0.2) is 0 Å². The minimum atomic E-state index is 0.353. The number of rotatable bonds is 2. The molecule has 1 aliphatic rings. The summed E-state index contributed by atoms with van der Waals surface area (Å²) in [5, 5.41) is 4.91. The minimum Gasteiger partial charge on any atom is -0.396 e. The molecule has 2 aromatic carbocycles. The van der Waals surface area contributed by atoms with E-state index in [0.717, 1.165) is 34.3 Å². The molecule has 3 N–H and O–H groups in total. The van der Waals surface area contributed by atoms with Crippen molar-refractivity contribution in [2.24, 2.45) is 0 Å². The van der Waals surface area contributed by atoms with E-state index in [9.17, 15) is 0 Å². The number of fused-ring (bicyclic) bond motifs is 4. The molecule has 0 saturated carbocycles. The van der Waals surface area contributed by atoms with Crippen LogP contribution in [0.15, 0.2) is 30.6 Å². The van der Waals surface area contributed by atoms with Crippen LogP contribution in [0.5, 0.6) is 0 Å². The SMILES string of the molecule is Nc1c(Cl)cc(Nc2ncnc3cc4nc5n(c4cc23)CCOC5)cc1Cl. The van der Waals surface area contributed by atoms with Crippen molar-refractivity contribution in [1.82, 2.24) is 19.5 Å². The van der Waals surface area contributed by atoms with E-state index in [1.165, 1.54) is 6.33 Å². The van der Waals surface area contributed by atoms with Crippen molar-refractivity contribution in [2.45, 2.75) is 13.2 Å². The van der Waals surface area contributed by atoms with Gasteiger partial charge in [0.2, 0.25) is 0 Å². The Balaban J connectivity index is 1.66. The molecule has 5 rings (SSSR count). The van der Waals surface area contributed by atoms with Crippen LogP contribution in [-0.2, 0) is 17.9 Å². The highest BCUT2D eigenvalue weighted by Crippen LogP contribution is 2.34. The van der Waals surface area contributed by atoms with Crippen LogP contribution < -0.4 is 11.1 Å². The van der Waals surface area contributed by atoms with Crippen molar-refractivity contribution in [3.05, 3.63) is 46.5 Å². The molecule has 9 heteroatoms. The number of nitrogens with zero attached hydrogens (tertiary/aromatic N) is 4. The highest BCUT2D eigenvalue weighted by Gasteiger charge is 2.17. The summed E-state index contributed by atoms with van der Waals surface area (Å²) >= 11 is 12.3. The topological polar surface area (TPSA) is 90.9 Å². The number of nitrogens with one attached hydrogen (secondary N) is 1. The zero-order valence-corrected chi connectivity index (χ0v) is 15.6. The normalized spacial score (nSPS) is 13.9. The quantitative estimate of drug-likeness (QED) is 0.491. The molecule has 4 aromatic rings. The van der Waals surface area contributed by atoms with E-state index in [1.807, 2.05) is 6.07 Å². The number of aromatic nitrogens is 4. The monoisotopic (exact) mass is 400 g/mol. The highest BCUT2D eigenvalue weighted by atomic mass is 35.5. The number of nitrogens with two attached hydrogens (primary N) is 1. The average Bonchev–Trinajstić information content (AvgIpc) is 3.02. The van der Waals surface area contributed by atoms with E-state index in [-0.39, 0.29) is 0 Å². The van der Waals surface area contributed by atoms with Crippen molar-refractivity contribution >= 4 is 62.3 Å². The molecule has 0 saturated heterocycles. The first kappa shape index (κ1) is 16.6. The van der Waals surface area contributed by atoms with Crippen molar-refractivity contribution in [3.8, 4) is 0 Å². The Morgan fingerprint density at radius 1 is 1.07 bits per heavy atom. The average molecular weight is 401 g/mol. The maximum Gasteiger partial charge on any atom is 0.141 e. The van der Waals surface area contributed by atoms with Crippen LogP contribution in [0, 0.1) is 0 Å². The van der Waals surface area contributed by atoms with Crippen LogP contribution in [0.1, 0.15) is 5.82 Å². The van der Waals surface area contributed by atoms with Gasteiger partial charge in [0.25, 0.3) is 0 Å². The Bertz CT molecular complexity index is 1180. The van der Waals surface area contributed by atoms with Gasteiger partial charge in [-0.1, -0.05) is 23.2 Å². The number of hydrogen-bond donors (Lipinski definition) is 2. The molecule has 27 heavy (non-hydrogen) atoms. The van der Waals surface area contributed by atoms with Gasteiger partial charge in [-0.15, -0.1) is 0 Å². The zero-order chi connectivity index (χ0) is 18.5. The maximum absolute atomic E-state index is 6.14. The number of hydrogen-bond acceptors (Lipinski definition) is 6. The third-order valence-electron chi connectivity index (χ3n) is 4.62. The van der Waals surface area contributed by atoms with Gasteiger partial charge in [-0.05, 0) is 24.3 Å². The van der Waals surface area contributed by atoms with Crippen LogP contribution in [0.25, 0.3) is 21.9 Å². The highest BCUT2D eigenvalue weighted by molar-refractivity contribution is 6.39. The molecule has 7 nitrogen and oxygen atoms in total. The van der Waals surface area contributed by atoms with E-state index in [2.05, 4.69) is 30.9 Å². The molecule has 136 valence electrons. The predicted octanol–water partition coefficient (Wildman–Crippen LogP) is 4.14. The van der Waals surface area contributed by atoms with Crippen LogP contribution in [-0.4, -0.2) is 26.1 Å². The van der Waals surface area contributed by atoms with Gasteiger partial charge >= 0.3 is 0 Å². The van der Waals surface area contributed by atoms with E-state index < -0.39 is 0 Å². The Hall–Kier alpha value is -2.61. The molecule has 0 radical (unpaired) electrons. The van der Waals surface area contributed by atoms with Gasteiger partial charge in [-0.3, -0.25) is 0 Å². The zero-order valence-electron chi connectivity index (χ0n) is 14.0. The fraction of sp³-hybridized carbons (Fsp3) is 0.167. The summed E-state index contributed by atoms with van der Waals surface area (Å²) in [6.07, 6.45) is 1.51. The number of nitrogen functional groups attached to an aromatic ring is 1. The fourth-order valence-electron chi connectivity index (χ4n) is 3.30. The second-order valence-electron chi connectivity index (χ2n) is 6.29. The third kappa shape index (κ3) is 2.75. The molecular formula is C18H14Cl2N6O. The first-order valence-corrected chi connectivity index (χ1v) is 9.09. The first-order valence-electron chi connectivity index (χ1n) is 8.33. The van der Waals surface area contributed by atoms with Crippen molar-refractivity contribution in [2.75, 3.05) is 17.7 Å². The van der Waals surface area contributed by atoms with Gasteiger partial charge in [0.05, 0.1) is 38.9 Å². The van der Waals surface area contributed by atoms with Gasteiger partial charge in [0.1, 0.15) is 24.6 Å². The molecule has 1 aliphatic heterocycles. The van der Waals surface area contributed by atoms with Crippen molar-refractivity contribution in [3.63, 3.8) is 0 Å². The molecule has 0 unspecified atom stereocenters. The second-order valence-corrected chi connectivity index (χ2v) is 7.11. The number of ether oxygens (including phenoxy) is 1. The van der Waals surface area contributed by atoms with Gasteiger partial charge in [0, 0.05) is 17.6 Å². The van der Waals surface area contributed by atoms with E-state index in [4.69, 9.17) is 33.7 Å². The number of anilines is 3. The third-order valence-corrected chi connectivity index (χ3v) is 5.24. The molecular weight excluding hydrogens is 387 g/mol. The summed E-state index contributed by atoms with van der Waals surface area (Å²) in [5.74, 6) is 1.58. The van der Waals surface area contributed by atoms with E-state index in [1.54, 1.807) is 12.1 Å². The molecule has 2 aromatic heterocycles. The Kier molecular flexibility index (Phi) is 3.82. The summed E-state index contributed by atoms with van der Waals surface area (Å²) < 4.78 is 7.67. The van der Waals surface area contributed by atoms with Gasteiger partial charge in [-0.2, -0.15) is 0 Å².